The van der Waals surface area contributed by atoms with Gasteiger partial charge >= 0.3 is 0 Å². The minimum absolute atomic E-state index is 0.0193. The number of carbonyl (C=O) groups is 2. The van der Waals surface area contributed by atoms with Gasteiger partial charge in [0.25, 0.3) is 0 Å². The average molecular weight is 290 g/mol. The Hall–Kier alpha value is -2.24. The number of nitrogens with zero attached hydrogens (tertiary/aromatic N) is 1. The fourth-order valence-electron chi connectivity index (χ4n) is 2.23. The molecule has 6 nitrogen and oxygen atoms in total. The van der Waals surface area contributed by atoms with Crippen LogP contribution in [0.5, 0.6) is 11.5 Å². The van der Waals surface area contributed by atoms with Gasteiger partial charge in [0.05, 0.1) is 0 Å². The van der Waals surface area contributed by atoms with Crippen molar-refractivity contribution in [2.75, 3.05) is 24.7 Å². The standard InChI is InChI=1S/C15H18N2O4/c1-10(18)17(9-15(19)16-11-2-3-11)12-4-5-13-14(8-12)21-7-6-20-13/h4-5,8,11H,2-3,6-7,9H2,1H3,(H,16,19). The van der Waals surface area contributed by atoms with Crippen LogP contribution in [0.25, 0.3) is 0 Å². The van der Waals surface area contributed by atoms with Gasteiger partial charge in [-0.15, -0.1) is 0 Å². The van der Waals surface area contributed by atoms with Gasteiger partial charge in [0.15, 0.2) is 11.5 Å². The van der Waals surface area contributed by atoms with Crippen LogP contribution in [0.1, 0.15) is 19.8 Å². The first-order valence-electron chi connectivity index (χ1n) is 7.10. The van der Waals surface area contributed by atoms with Crippen LogP contribution >= 0.6 is 0 Å². The van der Waals surface area contributed by atoms with E-state index in [0.29, 0.717) is 30.4 Å². The van der Waals surface area contributed by atoms with Crippen LogP contribution in [0.2, 0.25) is 0 Å². The third-order valence-electron chi connectivity index (χ3n) is 3.46. The molecule has 112 valence electrons. The van der Waals surface area contributed by atoms with E-state index in [1.54, 1.807) is 18.2 Å². The molecule has 0 spiro atoms. The van der Waals surface area contributed by atoms with Crippen molar-refractivity contribution in [2.24, 2.45) is 0 Å². The summed E-state index contributed by atoms with van der Waals surface area (Å²) in [4.78, 5) is 25.2. The van der Waals surface area contributed by atoms with E-state index < -0.39 is 0 Å². The summed E-state index contributed by atoms with van der Waals surface area (Å²) in [5.41, 5.74) is 0.637. The fraction of sp³-hybridized carbons (Fsp3) is 0.467. The number of rotatable bonds is 4. The first-order chi connectivity index (χ1) is 10.1. The van der Waals surface area contributed by atoms with E-state index in [9.17, 15) is 9.59 Å². The first kappa shape index (κ1) is 13.7. The Labute approximate surface area is 123 Å². The summed E-state index contributed by atoms with van der Waals surface area (Å²) in [6, 6.07) is 5.55. The maximum atomic E-state index is 11.9. The van der Waals surface area contributed by atoms with E-state index in [0.717, 1.165) is 12.8 Å². The summed E-state index contributed by atoms with van der Waals surface area (Å²) in [5, 5.41) is 2.88. The van der Waals surface area contributed by atoms with E-state index in [1.807, 2.05) is 0 Å². The van der Waals surface area contributed by atoms with E-state index in [-0.39, 0.29) is 24.4 Å². The van der Waals surface area contributed by atoms with Gasteiger partial charge in [0.2, 0.25) is 11.8 Å². The van der Waals surface area contributed by atoms with Gasteiger partial charge in [-0.2, -0.15) is 0 Å². The molecule has 0 aromatic heterocycles. The predicted molar refractivity (Wildman–Crippen MR) is 76.6 cm³/mol. The molecule has 21 heavy (non-hydrogen) atoms. The zero-order chi connectivity index (χ0) is 14.8. The molecule has 1 aliphatic heterocycles. The number of carbonyl (C=O) groups excluding carboxylic acids is 2. The van der Waals surface area contributed by atoms with Gasteiger partial charge < -0.3 is 19.7 Å². The summed E-state index contributed by atoms with van der Waals surface area (Å²) in [5.74, 6) is 0.948. The van der Waals surface area contributed by atoms with E-state index in [4.69, 9.17) is 9.47 Å². The minimum Gasteiger partial charge on any atom is -0.486 e. The highest BCUT2D eigenvalue weighted by atomic mass is 16.6. The molecule has 3 rings (SSSR count). The van der Waals surface area contributed by atoms with Crippen molar-refractivity contribution in [3.05, 3.63) is 18.2 Å². The van der Waals surface area contributed by atoms with Crippen molar-refractivity contribution in [1.82, 2.24) is 5.32 Å². The van der Waals surface area contributed by atoms with Gasteiger partial charge in [-0.05, 0) is 25.0 Å². The van der Waals surface area contributed by atoms with Crippen LogP contribution < -0.4 is 19.7 Å². The Bertz CT molecular complexity index is 569. The molecule has 2 aliphatic rings. The van der Waals surface area contributed by atoms with Crippen LogP contribution in [0.4, 0.5) is 5.69 Å². The van der Waals surface area contributed by atoms with Crippen LogP contribution in [-0.2, 0) is 9.59 Å². The van der Waals surface area contributed by atoms with Crippen LogP contribution in [0.3, 0.4) is 0 Å². The summed E-state index contributed by atoms with van der Waals surface area (Å²) in [7, 11) is 0. The fourth-order valence-corrected chi connectivity index (χ4v) is 2.23. The summed E-state index contributed by atoms with van der Waals surface area (Å²) in [6.07, 6.45) is 2.05. The third kappa shape index (κ3) is 3.26. The monoisotopic (exact) mass is 290 g/mol. The smallest absolute Gasteiger partial charge is 0.240 e. The van der Waals surface area contributed by atoms with Crippen molar-refractivity contribution in [1.29, 1.82) is 0 Å². The maximum absolute atomic E-state index is 11.9. The molecule has 1 aromatic carbocycles. The lowest BCUT2D eigenvalue weighted by Gasteiger charge is -2.24. The van der Waals surface area contributed by atoms with Gasteiger partial charge in [0.1, 0.15) is 19.8 Å². The molecule has 6 heteroatoms. The molecule has 1 saturated carbocycles. The summed E-state index contributed by atoms with van der Waals surface area (Å²) >= 11 is 0. The minimum atomic E-state index is -0.183. The Morgan fingerprint density at radius 3 is 2.62 bits per heavy atom. The molecule has 1 fully saturated rings. The van der Waals surface area contributed by atoms with Crippen LogP contribution in [0, 0.1) is 0 Å². The number of fused-ring (bicyclic) bond motifs is 1. The van der Waals surface area contributed by atoms with Gasteiger partial charge in [-0.3, -0.25) is 9.59 Å². The lowest BCUT2D eigenvalue weighted by atomic mass is 10.2. The van der Waals surface area contributed by atoms with Crippen molar-refractivity contribution < 1.29 is 19.1 Å². The van der Waals surface area contributed by atoms with Crippen molar-refractivity contribution in [2.45, 2.75) is 25.8 Å². The van der Waals surface area contributed by atoms with Gasteiger partial charge in [-0.25, -0.2) is 0 Å². The lowest BCUT2D eigenvalue weighted by molar-refractivity contribution is -0.123. The number of nitrogens with one attached hydrogen (secondary N) is 1. The number of amides is 2. The van der Waals surface area contributed by atoms with E-state index in [1.165, 1.54) is 11.8 Å². The van der Waals surface area contributed by atoms with E-state index >= 15 is 0 Å². The lowest BCUT2D eigenvalue weighted by Crippen LogP contribution is -2.40. The predicted octanol–water partition coefficient (Wildman–Crippen LogP) is 1.09. The molecule has 0 unspecified atom stereocenters. The highest BCUT2D eigenvalue weighted by Crippen LogP contribution is 2.34. The highest BCUT2D eigenvalue weighted by Gasteiger charge is 2.25. The second kappa shape index (κ2) is 5.63. The molecule has 1 N–H and O–H groups in total. The molecule has 0 radical (unpaired) electrons. The summed E-state index contributed by atoms with van der Waals surface area (Å²) < 4.78 is 11.0. The molecule has 0 bridgehead atoms. The zero-order valence-corrected chi connectivity index (χ0v) is 11.9. The number of anilines is 1. The molecule has 1 aliphatic carbocycles. The number of hydrogen-bond acceptors (Lipinski definition) is 4. The second-order valence-electron chi connectivity index (χ2n) is 5.27. The summed E-state index contributed by atoms with van der Waals surface area (Å²) in [6.45, 7) is 2.47. The highest BCUT2D eigenvalue weighted by molar-refractivity contribution is 5.97. The largest absolute Gasteiger partial charge is 0.486 e. The Morgan fingerprint density at radius 1 is 1.24 bits per heavy atom. The number of benzene rings is 1. The Balaban J connectivity index is 1.76. The van der Waals surface area contributed by atoms with Gasteiger partial charge in [-0.1, -0.05) is 0 Å². The van der Waals surface area contributed by atoms with E-state index in [2.05, 4.69) is 5.32 Å². The van der Waals surface area contributed by atoms with Crippen LogP contribution in [-0.4, -0.2) is 37.6 Å². The maximum Gasteiger partial charge on any atom is 0.240 e. The zero-order valence-electron chi connectivity index (χ0n) is 11.9. The Kier molecular flexibility index (Phi) is 3.68. The average Bonchev–Trinajstić information content (AvgIpc) is 3.28. The second-order valence-corrected chi connectivity index (χ2v) is 5.27. The molecular formula is C15H18N2O4. The molecule has 1 heterocycles. The number of ether oxygens (including phenoxy) is 2. The molecule has 2 amide bonds. The quantitative estimate of drug-likeness (QED) is 0.901. The molecule has 1 aromatic rings. The molecule has 0 saturated heterocycles. The van der Waals surface area contributed by atoms with Crippen LogP contribution in [0.15, 0.2) is 18.2 Å². The third-order valence-corrected chi connectivity index (χ3v) is 3.46. The van der Waals surface area contributed by atoms with Crippen molar-refractivity contribution >= 4 is 17.5 Å². The normalized spacial score (nSPS) is 16.2. The number of hydrogen-bond donors (Lipinski definition) is 1. The SMILES string of the molecule is CC(=O)N(CC(=O)NC1CC1)c1ccc2c(c1)OCCO2. The molecule has 0 atom stereocenters. The van der Waals surface area contributed by atoms with Gasteiger partial charge in [0, 0.05) is 24.7 Å². The molecular weight excluding hydrogens is 272 g/mol. The topological polar surface area (TPSA) is 67.9 Å². The first-order valence-corrected chi connectivity index (χ1v) is 7.10. The Morgan fingerprint density at radius 2 is 1.95 bits per heavy atom. The van der Waals surface area contributed by atoms with Crippen molar-refractivity contribution in [3.8, 4) is 11.5 Å². The van der Waals surface area contributed by atoms with Crippen molar-refractivity contribution in [3.63, 3.8) is 0 Å².